The van der Waals surface area contributed by atoms with Gasteiger partial charge in [-0.15, -0.1) is 0 Å². The van der Waals surface area contributed by atoms with E-state index in [2.05, 4.69) is 26.8 Å². The molecule has 11 heteroatoms. The van der Waals surface area contributed by atoms with E-state index in [0.717, 1.165) is 10.0 Å². The van der Waals surface area contributed by atoms with Crippen molar-refractivity contribution in [1.29, 1.82) is 0 Å². The van der Waals surface area contributed by atoms with Gasteiger partial charge >= 0.3 is 0 Å². The predicted molar refractivity (Wildman–Crippen MR) is 131 cm³/mol. The molecule has 0 bridgehead atoms. The molecule has 0 aromatic heterocycles. The van der Waals surface area contributed by atoms with Gasteiger partial charge in [-0.25, -0.2) is 0 Å². The van der Waals surface area contributed by atoms with Crippen LogP contribution in [-0.2, 0) is 9.59 Å². The van der Waals surface area contributed by atoms with Gasteiger partial charge < -0.3 is 0 Å². The van der Waals surface area contributed by atoms with E-state index in [4.69, 9.17) is 35.4 Å². The van der Waals surface area contributed by atoms with Crippen LogP contribution in [0.1, 0.15) is 22.3 Å². The summed E-state index contributed by atoms with van der Waals surface area (Å²) >= 11 is 21.6. The molecule has 0 saturated carbocycles. The van der Waals surface area contributed by atoms with Crippen LogP contribution in [0.3, 0.4) is 0 Å². The fourth-order valence-corrected chi connectivity index (χ4v) is 4.80. The lowest BCUT2D eigenvalue weighted by atomic mass is 10.2. The van der Waals surface area contributed by atoms with Gasteiger partial charge in [0.1, 0.15) is 4.32 Å². The Bertz CT molecular complexity index is 1110. The molecule has 31 heavy (non-hydrogen) atoms. The summed E-state index contributed by atoms with van der Waals surface area (Å²) in [4.78, 5) is 38.7. The molecular weight excluding hydrogens is 545 g/mol. The molecule has 1 heterocycles. The summed E-state index contributed by atoms with van der Waals surface area (Å²) in [5, 5.41) is 0.553. The van der Waals surface area contributed by atoms with Crippen molar-refractivity contribution < 1.29 is 14.4 Å². The molecule has 2 N–H and O–H groups in total. The second kappa shape index (κ2) is 10.6. The van der Waals surface area contributed by atoms with Gasteiger partial charge in [0.25, 0.3) is 11.8 Å². The Kier molecular flexibility index (Phi) is 8.12. The number of hydrogen-bond donors (Lipinski definition) is 2. The van der Waals surface area contributed by atoms with Crippen molar-refractivity contribution in [3.8, 4) is 0 Å². The van der Waals surface area contributed by atoms with E-state index in [0.29, 0.717) is 14.2 Å². The highest BCUT2D eigenvalue weighted by atomic mass is 79.9. The molecular formula is C20H14BrCl2N3O3S2. The standard InChI is InChI=1S/C20H14BrCl2N3O3S2/c21-12-3-1-2-11(8-12)9-16-19(29)26(20(30)31-16)7-6-17(27)24-25-18(28)14-5-4-13(22)10-15(14)23/h1-5,8-10H,6-7H2,(H,24,27)(H,25,28). The molecule has 0 spiro atoms. The molecule has 2 aromatic carbocycles. The number of thioether (sulfide) groups is 1. The van der Waals surface area contributed by atoms with Crippen LogP contribution in [0.15, 0.2) is 51.8 Å². The lowest BCUT2D eigenvalue weighted by molar-refractivity contribution is -0.124. The molecule has 0 unspecified atom stereocenters. The van der Waals surface area contributed by atoms with Gasteiger partial charge in [-0.1, -0.05) is 75.2 Å². The monoisotopic (exact) mass is 557 g/mol. The van der Waals surface area contributed by atoms with Crippen LogP contribution in [0.2, 0.25) is 10.0 Å². The summed E-state index contributed by atoms with van der Waals surface area (Å²) < 4.78 is 1.27. The molecule has 2 aromatic rings. The average molecular weight is 559 g/mol. The maximum absolute atomic E-state index is 12.6. The lowest BCUT2D eigenvalue weighted by Crippen LogP contribution is -2.43. The number of halogens is 3. The van der Waals surface area contributed by atoms with Gasteiger partial charge in [-0.2, -0.15) is 0 Å². The summed E-state index contributed by atoms with van der Waals surface area (Å²) in [5.74, 6) is -1.33. The van der Waals surface area contributed by atoms with Gasteiger partial charge in [0, 0.05) is 22.5 Å². The van der Waals surface area contributed by atoms with Crippen LogP contribution >= 0.6 is 63.1 Å². The Balaban J connectivity index is 1.53. The number of amides is 3. The smallest absolute Gasteiger partial charge is 0.271 e. The second-order valence-electron chi connectivity index (χ2n) is 6.26. The van der Waals surface area contributed by atoms with Gasteiger partial charge in [0.15, 0.2) is 0 Å². The van der Waals surface area contributed by atoms with Crippen molar-refractivity contribution in [2.75, 3.05) is 6.54 Å². The number of nitrogens with zero attached hydrogens (tertiary/aromatic N) is 1. The summed E-state index contributed by atoms with van der Waals surface area (Å²) in [6.07, 6.45) is 1.70. The average Bonchev–Trinajstić information content (AvgIpc) is 2.97. The summed E-state index contributed by atoms with van der Waals surface area (Å²) in [5.41, 5.74) is 5.60. The van der Waals surface area contributed by atoms with E-state index in [1.165, 1.54) is 34.9 Å². The van der Waals surface area contributed by atoms with Crippen molar-refractivity contribution in [3.05, 3.63) is 73.0 Å². The van der Waals surface area contributed by atoms with Gasteiger partial charge in [0.2, 0.25) is 5.91 Å². The Morgan fingerprint density at radius 1 is 1.16 bits per heavy atom. The third-order valence-corrected chi connectivity index (χ3v) is 6.49. The number of nitrogens with one attached hydrogen (secondary N) is 2. The number of carbonyl (C=O) groups is 3. The van der Waals surface area contributed by atoms with E-state index >= 15 is 0 Å². The van der Waals surface area contributed by atoms with E-state index in [9.17, 15) is 14.4 Å². The van der Waals surface area contributed by atoms with Gasteiger partial charge in [0.05, 0.1) is 15.5 Å². The van der Waals surface area contributed by atoms with Crippen molar-refractivity contribution in [3.63, 3.8) is 0 Å². The number of rotatable bonds is 5. The van der Waals surface area contributed by atoms with Gasteiger partial charge in [-0.05, 0) is 42.0 Å². The minimum atomic E-state index is -0.586. The quantitative estimate of drug-likeness (QED) is 0.313. The van der Waals surface area contributed by atoms with Crippen molar-refractivity contribution in [2.24, 2.45) is 0 Å². The fourth-order valence-electron chi connectivity index (χ4n) is 2.58. The number of hydrazine groups is 1. The zero-order valence-electron chi connectivity index (χ0n) is 15.7. The molecule has 0 radical (unpaired) electrons. The van der Waals surface area contributed by atoms with Crippen LogP contribution < -0.4 is 10.9 Å². The van der Waals surface area contributed by atoms with E-state index in [-0.39, 0.29) is 29.5 Å². The third kappa shape index (κ3) is 6.30. The summed E-state index contributed by atoms with van der Waals surface area (Å²) in [7, 11) is 0. The molecule has 3 amide bonds. The van der Waals surface area contributed by atoms with Crippen LogP contribution in [0, 0.1) is 0 Å². The molecule has 1 aliphatic rings. The molecule has 6 nitrogen and oxygen atoms in total. The third-order valence-electron chi connectivity index (χ3n) is 4.07. The van der Waals surface area contributed by atoms with E-state index < -0.39 is 11.8 Å². The highest BCUT2D eigenvalue weighted by molar-refractivity contribution is 9.10. The van der Waals surface area contributed by atoms with Crippen LogP contribution in [0.25, 0.3) is 6.08 Å². The summed E-state index contributed by atoms with van der Waals surface area (Å²) in [6.45, 7) is 0.0872. The minimum absolute atomic E-state index is 0.0504. The Morgan fingerprint density at radius 3 is 2.65 bits per heavy atom. The maximum atomic E-state index is 12.6. The molecule has 1 aliphatic heterocycles. The maximum Gasteiger partial charge on any atom is 0.271 e. The number of hydrogen-bond acceptors (Lipinski definition) is 5. The van der Waals surface area contributed by atoms with Crippen molar-refractivity contribution in [1.82, 2.24) is 15.8 Å². The second-order valence-corrected chi connectivity index (χ2v) is 9.70. The number of thiocarbonyl (C=S) groups is 1. The van der Waals surface area contributed by atoms with E-state index in [1.54, 1.807) is 6.08 Å². The zero-order chi connectivity index (χ0) is 22.5. The molecule has 0 atom stereocenters. The first-order valence-corrected chi connectivity index (χ1v) is 11.6. The Hall–Kier alpha value is -1.91. The Labute approximate surface area is 206 Å². The first-order chi connectivity index (χ1) is 14.7. The molecule has 0 aliphatic carbocycles. The molecule has 3 rings (SSSR count). The normalized spacial score (nSPS) is 14.8. The van der Waals surface area contributed by atoms with Crippen molar-refractivity contribution >= 4 is 91.2 Å². The van der Waals surface area contributed by atoms with Crippen molar-refractivity contribution in [2.45, 2.75) is 6.42 Å². The largest absolute Gasteiger partial charge is 0.292 e. The molecule has 160 valence electrons. The molecule has 1 saturated heterocycles. The fraction of sp³-hybridized carbons (Fsp3) is 0.100. The number of benzene rings is 2. The Morgan fingerprint density at radius 2 is 1.94 bits per heavy atom. The summed E-state index contributed by atoms with van der Waals surface area (Å²) in [6, 6.07) is 11.9. The predicted octanol–water partition coefficient (Wildman–Crippen LogP) is 4.81. The van der Waals surface area contributed by atoms with E-state index in [1.807, 2.05) is 24.3 Å². The van der Waals surface area contributed by atoms with Crippen LogP contribution in [0.5, 0.6) is 0 Å². The first kappa shape index (κ1) is 23.7. The highest BCUT2D eigenvalue weighted by Crippen LogP contribution is 2.32. The topological polar surface area (TPSA) is 78.5 Å². The van der Waals surface area contributed by atoms with Gasteiger partial charge in [-0.3, -0.25) is 30.1 Å². The first-order valence-electron chi connectivity index (χ1n) is 8.80. The zero-order valence-corrected chi connectivity index (χ0v) is 20.4. The number of carbonyl (C=O) groups excluding carboxylic acids is 3. The van der Waals surface area contributed by atoms with Crippen LogP contribution in [0.4, 0.5) is 0 Å². The minimum Gasteiger partial charge on any atom is -0.292 e. The lowest BCUT2D eigenvalue weighted by Gasteiger charge is -2.14. The molecule has 1 fully saturated rings. The SMILES string of the molecule is O=C(CCN1C(=O)C(=Cc2cccc(Br)c2)SC1=S)NNC(=O)c1ccc(Cl)cc1Cl. The van der Waals surface area contributed by atoms with Crippen LogP contribution in [-0.4, -0.2) is 33.5 Å². The highest BCUT2D eigenvalue weighted by Gasteiger charge is 2.32.